The van der Waals surface area contributed by atoms with Crippen molar-refractivity contribution in [2.24, 2.45) is 0 Å². The molecule has 1 N–H and O–H groups in total. The lowest BCUT2D eigenvalue weighted by Crippen LogP contribution is -2.37. The summed E-state index contributed by atoms with van der Waals surface area (Å²) in [6, 6.07) is 9.16. The van der Waals surface area contributed by atoms with Crippen molar-refractivity contribution < 1.29 is 18.4 Å². The number of hydrogen-bond acceptors (Lipinski definition) is 5. The van der Waals surface area contributed by atoms with Crippen molar-refractivity contribution in [1.29, 1.82) is 0 Å². The van der Waals surface area contributed by atoms with Gasteiger partial charge in [-0.15, -0.1) is 0 Å². The van der Waals surface area contributed by atoms with Gasteiger partial charge in [0.1, 0.15) is 18.7 Å². The molecule has 4 rings (SSSR count). The van der Waals surface area contributed by atoms with Gasteiger partial charge in [-0.25, -0.2) is 18.7 Å². The van der Waals surface area contributed by atoms with E-state index in [4.69, 9.17) is 11.6 Å². The molecule has 0 fully saturated rings. The van der Waals surface area contributed by atoms with Crippen LogP contribution in [0.15, 0.2) is 53.5 Å². The number of carbonyl (C=O) groups is 2. The first-order valence-corrected chi connectivity index (χ1v) is 11.0. The van der Waals surface area contributed by atoms with Crippen molar-refractivity contribution in [1.82, 2.24) is 19.9 Å². The van der Waals surface area contributed by atoms with Gasteiger partial charge in [0, 0.05) is 34.0 Å². The maximum Gasteiger partial charge on any atom is 0.263 e. The van der Waals surface area contributed by atoms with Gasteiger partial charge in [0.2, 0.25) is 5.91 Å². The summed E-state index contributed by atoms with van der Waals surface area (Å²) in [5.74, 6) is -2.67. The van der Waals surface area contributed by atoms with Crippen molar-refractivity contribution in [3.63, 3.8) is 0 Å². The summed E-state index contributed by atoms with van der Waals surface area (Å²) in [6.07, 6.45) is 2.11. The number of rotatable bonds is 6. The van der Waals surface area contributed by atoms with Crippen molar-refractivity contribution >= 4 is 34.8 Å². The molecule has 0 aliphatic heterocycles. The van der Waals surface area contributed by atoms with Gasteiger partial charge < -0.3 is 5.32 Å². The molecule has 10 heteroatoms. The van der Waals surface area contributed by atoms with Crippen molar-refractivity contribution in [3.8, 4) is 22.5 Å². The van der Waals surface area contributed by atoms with Gasteiger partial charge in [0.05, 0.1) is 5.39 Å². The second-order valence-corrected chi connectivity index (χ2v) is 8.60. The van der Waals surface area contributed by atoms with Crippen molar-refractivity contribution in [3.05, 3.63) is 81.2 Å². The highest BCUT2D eigenvalue weighted by molar-refractivity contribution is 6.31. The summed E-state index contributed by atoms with van der Waals surface area (Å²) in [5.41, 5.74) is 0.971. The summed E-state index contributed by atoms with van der Waals surface area (Å²) >= 11 is 6.11. The van der Waals surface area contributed by atoms with Crippen LogP contribution in [-0.4, -0.2) is 32.8 Å². The van der Waals surface area contributed by atoms with E-state index in [1.165, 1.54) is 24.4 Å². The SMILES string of the molecule is CC(C)NC(=O)Cn1c(-c2ccc(F)c(F)c2)nc2ncc(-c3cc(Cl)cc(C=O)c3)cc2c1=O. The quantitative estimate of drug-likeness (QED) is 0.399. The number of carbonyl (C=O) groups excluding carboxylic acids is 2. The molecular weight excluding hydrogens is 478 g/mol. The number of aromatic nitrogens is 3. The molecular formula is C25H19ClF2N4O3. The Kier molecular flexibility index (Phi) is 6.70. The smallest absolute Gasteiger partial charge is 0.263 e. The second kappa shape index (κ2) is 9.71. The predicted octanol–water partition coefficient (Wildman–Crippen LogP) is 4.39. The normalized spacial score (nSPS) is 11.1. The molecule has 0 aliphatic rings. The monoisotopic (exact) mass is 496 g/mol. The molecule has 2 heterocycles. The zero-order valence-corrected chi connectivity index (χ0v) is 19.4. The topological polar surface area (TPSA) is 93.9 Å². The Morgan fingerprint density at radius 3 is 2.54 bits per heavy atom. The molecule has 0 radical (unpaired) electrons. The second-order valence-electron chi connectivity index (χ2n) is 8.16. The average Bonchev–Trinajstić information content (AvgIpc) is 2.81. The zero-order chi connectivity index (χ0) is 25.3. The number of aldehydes is 1. The third kappa shape index (κ3) is 5.09. The van der Waals surface area contributed by atoms with E-state index in [2.05, 4.69) is 15.3 Å². The van der Waals surface area contributed by atoms with E-state index < -0.39 is 29.6 Å². The molecule has 0 saturated carbocycles. The number of nitrogens with one attached hydrogen (secondary N) is 1. The van der Waals surface area contributed by atoms with Crippen LogP contribution in [-0.2, 0) is 11.3 Å². The fraction of sp³-hybridized carbons (Fsp3) is 0.160. The number of pyridine rings is 1. The van der Waals surface area contributed by atoms with Crippen LogP contribution in [0.25, 0.3) is 33.5 Å². The number of halogens is 3. The lowest BCUT2D eigenvalue weighted by atomic mass is 10.0. The summed E-state index contributed by atoms with van der Waals surface area (Å²) in [7, 11) is 0. The Bertz CT molecular complexity index is 1540. The fourth-order valence-corrected chi connectivity index (χ4v) is 3.87. The summed E-state index contributed by atoms with van der Waals surface area (Å²) < 4.78 is 28.6. The molecule has 4 aromatic rings. The molecule has 7 nitrogen and oxygen atoms in total. The Hall–Kier alpha value is -3.98. The average molecular weight is 497 g/mol. The van der Waals surface area contributed by atoms with Crippen LogP contribution in [0.3, 0.4) is 0 Å². The molecule has 0 unspecified atom stereocenters. The van der Waals surface area contributed by atoms with E-state index in [1.807, 2.05) is 0 Å². The van der Waals surface area contributed by atoms with E-state index in [-0.39, 0.29) is 28.5 Å². The van der Waals surface area contributed by atoms with Crippen LogP contribution < -0.4 is 10.9 Å². The molecule has 0 atom stereocenters. The Balaban J connectivity index is 1.93. The number of hydrogen-bond donors (Lipinski definition) is 1. The van der Waals surface area contributed by atoms with Crippen LogP contribution >= 0.6 is 11.6 Å². The highest BCUT2D eigenvalue weighted by Gasteiger charge is 2.19. The molecule has 178 valence electrons. The van der Waals surface area contributed by atoms with E-state index in [0.717, 1.165) is 16.7 Å². The van der Waals surface area contributed by atoms with Crippen LogP contribution in [0.5, 0.6) is 0 Å². The molecule has 2 aromatic carbocycles. The van der Waals surface area contributed by atoms with E-state index in [1.54, 1.807) is 26.0 Å². The maximum atomic E-state index is 14.0. The summed E-state index contributed by atoms with van der Waals surface area (Å²) in [4.78, 5) is 45.9. The standard InChI is InChI=1S/C25H19ClF2N4O3/c1-13(2)30-22(34)11-32-24(15-3-4-20(27)21(28)9-15)31-23-19(25(32)35)8-17(10-29-23)16-5-14(12-33)6-18(26)7-16/h3-10,12-13H,11H2,1-2H3,(H,30,34). The van der Waals surface area contributed by atoms with Gasteiger partial charge in [-0.2, -0.15) is 0 Å². The molecule has 35 heavy (non-hydrogen) atoms. The van der Waals surface area contributed by atoms with Gasteiger partial charge in [-0.05, 0) is 61.9 Å². The molecule has 0 saturated heterocycles. The predicted molar refractivity (Wildman–Crippen MR) is 128 cm³/mol. The lowest BCUT2D eigenvalue weighted by Gasteiger charge is -2.15. The number of fused-ring (bicyclic) bond motifs is 1. The Labute approximate surface area is 203 Å². The van der Waals surface area contributed by atoms with E-state index in [9.17, 15) is 23.2 Å². The molecule has 0 spiro atoms. The zero-order valence-electron chi connectivity index (χ0n) is 18.7. The van der Waals surface area contributed by atoms with Gasteiger partial charge >= 0.3 is 0 Å². The van der Waals surface area contributed by atoms with Gasteiger partial charge in [-0.1, -0.05) is 11.6 Å². The van der Waals surface area contributed by atoms with Gasteiger partial charge in [0.25, 0.3) is 5.56 Å². The van der Waals surface area contributed by atoms with Crippen LogP contribution in [0, 0.1) is 11.6 Å². The largest absolute Gasteiger partial charge is 0.352 e. The molecule has 2 aromatic heterocycles. The Morgan fingerprint density at radius 1 is 1.09 bits per heavy atom. The van der Waals surface area contributed by atoms with Gasteiger partial charge in [0.15, 0.2) is 17.3 Å². The summed E-state index contributed by atoms with van der Waals surface area (Å²) in [5, 5.41) is 3.13. The third-order valence-corrected chi connectivity index (χ3v) is 5.35. The lowest BCUT2D eigenvalue weighted by molar-refractivity contribution is -0.122. The van der Waals surface area contributed by atoms with Crippen LogP contribution in [0.2, 0.25) is 5.02 Å². The first-order valence-electron chi connectivity index (χ1n) is 10.6. The molecule has 0 bridgehead atoms. The number of amides is 1. The first-order chi connectivity index (χ1) is 16.7. The third-order valence-electron chi connectivity index (χ3n) is 5.13. The molecule has 1 amide bonds. The van der Waals surface area contributed by atoms with Gasteiger partial charge in [-0.3, -0.25) is 19.0 Å². The Morgan fingerprint density at radius 2 is 1.86 bits per heavy atom. The number of nitrogens with zero attached hydrogens (tertiary/aromatic N) is 3. The minimum Gasteiger partial charge on any atom is -0.352 e. The fourth-order valence-electron chi connectivity index (χ4n) is 3.62. The minimum absolute atomic E-state index is 0.0356. The van der Waals surface area contributed by atoms with E-state index in [0.29, 0.717) is 28.0 Å². The van der Waals surface area contributed by atoms with Crippen LogP contribution in [0.1, 0.15) is 24.2 Å². The van der Waals surface area contributed by atoms with E-state index >= 15 is 0 Å². The minimum atomic E-state index is -1.12. The number of benzene rings is 2. The maximum absolute atomic E-state index is 14.0. The molecule has 0 aliphatic carbocycles. The summed E-state index contributed by atoms with van der Waals surface area (Å²) in [6.45, 7) is 3.14. The van der Waals surface area contributed by atoms with Crippen LogP contribution in [0.4, 0.5) is 8.78 Å². The van der Waals surface area contributed by atoms with Crippen molar-refractivity contribution in [2.75, 3.05) is 0 Å². The van der Waals surface area contributed by atoms with Crippen molar-refractivity contribution in [2.45, 2.75) is 26.4 Å². The first kappa shape index (κ1) is 24.2. The highest BCUT2D eigenvalue weighted by atomic mass is 35.5. The highest BCUT2D eigenvalue weighted by Crippen LogP contribution is 2.27.